The van der Waals surface area contributed by atoms with Crippen LogP contribution in [0.1, 0.15) is 35.3 Å². The first-order chi connectivity index (χ1) is 8.78. The maximum absolute atomic E-state index is 12.2. The van der Waals surface area contributed by atoms with Crippen molar-refractivity contribution in [1.29, 1.82) is 0 Å². The number of rotatable bonds is 1. The van der Waals surface area contributed by atoms with Crippen LogP contribution >= 0.6 is 0 Å². The minimum atomic E-state index is -1.35. The van der Waals surface area contributed by atoms with Gasteiger partial charge in [0.15, 0.2) is 0 Å². The molecule has 0 atom stereocenters. The molecule has 0 unspecified atom stereocenters. The van der Waals surface area contributed by atoms with E-state index in [0.29, 0.717) is 6.54 Å². The zero-order chi connectivity index (χ0) is 14.2. The van der Waals surface area contributed by atoms with Crippen molar-refractivity contribution in [2.45, 2.75) is 46.1 Å². The molecule has 0 aromatic heterocycles. The van der Waals surface area contributed by atoms with Crippen LogP contribution in [0.2, 0.25) is 19.6 Å². The third kappa shape index (κ3) is 3.08. The summed E-state index contributed by atoms with van der Waals surface area (Å²) in [5.41, 5.74) is 6.34. The van der Waals surface area contributed by atoms with Crippen LogP contribution < -0.4 is 0 Å². The van der Waals surface area contributed by atoms with E-state index in [1.54, 1.807) is 0 Å². The largest absolute Gasteiger partial charge is 0.332 e. The van der Waals surface area contributed by atoms with Gasteiger partial charge in [0.25, 0.3) is 5.91 Å². The molecule has 0 aliphatic carbocycles. The lowest BCUT2D eigenvalue weighted by molar-refractivity contribution is 0.0730. The van der Waals surface area contributed by atoms with Crippen LogP contribution in [0.4, 0.5) is 0 Å². The summed E-state index contributed by atoms with van der Waals surface area (Å²) >= 11 is 0. The maximum atomic E-state index is 12.2. The highest BCUT2D eigenvalue weighted by atomic mass is 28.3. The molecule has 100 valence electrons. The Morgan fingerprint density at radius 3 is 2.53 bits per heavy atom. The minimum Gasteiger partial charge on any atom is -0.332 e. The summed E-state index contributed by atoms with van der Waals surface area (Å²) in [5.74, 6) is 3.40. The molecule has 0 saturated carbocycles. The maximum Gasteiger partial charge on any atom is 0.254 e. The van der Waals surface area contributed by atoms with E-state index in [4.69, 9.17) is 0 Å². The molecule has 1 amide bonds. The molecule has 19 heavy (non-hydrogen) atoms. The molecule has 0 N–H and O–H groups in total. The van der Waals surface area contributed by atoms with Crippen LogP contribution in [0, 0.1) is 11.5 Å². The first-order valence-corrected chi connectivity index (χ1v) is 10.2. The molecule has 1 aromatic rings. The lowest BCUT2D eigenvalue weighted by Gasteiger charge is -2.19. The summed E-state index contributed by atoms with van der Waals surface area (Å²) in [4.78, 5) is 14.1. The summed E-state index contributed by atoms with van der Waals surface area (Å²) in [6.07, 6.45) is 0. The molecular weight excluding hydrogens is 250 g/mol. The Bertz CT molecular complexity index is 573. The van der Waals surface area contributed by atoms with E-state index in [1.165, 1.54) is 0 Å². The third-order valence-electron chi connectivity index (χ3n) is 3.14. The predicted octanol–water partition coefficient (Wildman–Crippen LogP) is 3.28. The summed E-state index contributed by atoms with van der Waals surface area (Å²) in [7, 11) is -1.35. The number of carbonyl (C=O) groups excluding carboxylic acids is 1. The highest BCUT2D eigenvalue weighted by Crippen LogP contribution is 2.25. The van der Waals surface area contributed by atoms with Gasteiger partial charge in [-0.25, -0.2) is 0 Å². The second kappa shape index (κ2) is 4.86. The first kappa shape index (κ1) is 13.9. The van der Waals surface area contributed by atoms with Gasteiger partial charge in [0.2, 0.25) is 0 Å². The average molecular weight is 271 g/mol. The minimum absolute atomic E-state index is 0.148. The fourth-order valence-electron chi connectivity index (χ4n) is 2.10. The van der Waals surface area contributed by atoms with E-state index in [-0.39, 0.29) is 11.9 Å². The van der Waals surface area contributed by atoms with E-state index in [2.05, 4.69) is 51.0 Å². The highest BCUT2D eigenvalue weighted by molar-refractivity contribution is 6.83. The summed E-state index contributed by atoms with van der Waals surface area (Å²) in [6, 6.07) is 6.21. The van der Waals surface area contributed by atoms with Crippen molar-refractivity contribution in [2.75, 3.05) is 0 Å². The van der Waals surface area contributed by atoms with Gasteiger partial charge in [-0.15, -0.1) is 5.54 Å². The second-order valence-electron chi connectivity index (χ2n) is 6.40. The van der Waals surface area contributed by atoms with Crippen LogP contribution in [0.25, 0.3) is 0 Å². The first-order valence-electron chi connectivity index (χ1n) is 6.75. The third-order valence-corrected chi connectivity index (χ3v) is 4.02. The van der Waals surface area contributed by atoms with Crippen molar-refractivity contribution in [3.05, 3.63) is 34.9 Å². The molecule has 2 nitrogen and oxygen atoms in total. The van der Waals surface area contributed by atoms with Crippen LogP contribution in [-0.2, 0) is 6.54 Å². The summed E-state index contributed by atoms with van der Waals surface area (Å²) in [5, 5.41) is 0. The number of hydrogen-bond donors (Lipinski definition) is 0. The van der Waals surface area contributed by atoms with E-state index in [0.717, 1.165) is 16.7 Å². The van der Waals surface area contributed by atoms with Crippen molar-refractivity contribution in [3.8, 4) is 11.5 Å². The van der Waals surface area contributed by atoms with E-state index in [9.17, 15) is 4.79 Å². The Kier molecular flexibility index (Phi) is 3.55. The van der Waals surface area contributed by atoms with Gasteiger partial charge in [-0.1, -0.05) is 25.6 Å². The molecule has 3 heteroatoms. The van der Waals surface area contributed by atoms with Crippen molar-refractivity contribution < 1.29 is 4.79 Å². The number of benzene rings is 1. The molecule has 1 aliphatic rings. The second-order valence-corrected chi connectivity index (χ2v) is 11.1. The van der Waals surface area contributed by atoms with E-state index >= 15 is 0 Å². The molecule has 0 fully saturated rings. The molecule has 1 heterocycles. The van der Waals surface area contributed by atoms with Gasteiger partial charge < -0.3 is 4.90 Å². The normalized spacial score (nSPS) is 14.4. The smallest absolute Gasteiger partial charge is 0.254 e. The summed E-state index contributed by atoms with van der Waals surface area (Å²) in [6.45, 7) is 11.5. The van der Waals surface area contributed by atoms with Crippen LogP contribution in [-0.4, -0.2) is 24.9 Å². The molecule has 0 saturated heterocycles. The summed E-state index contributed by atoms with van der Waals surface area (Å²) < 4.78 is 0. The number of nitrogens with zero attached hydrogens (tertiary/aromatic N) is 1. The number of hydrogen-bond acceptors (Lipinski definition) is 1. The van der Waals surface area contributed by atoms with Crippen LogP contribution in [0.15, 0.2) is 18.2 Å². The van der Waals surface area contributed by atoms with Gasteiger partial charge in [0.1, 0.15) is 8.07 Å². The Morgan fingerprint density at radius 1 is 1.26 bits per heavy atom. The zero-order valence-electron chi connectivity index (χ0n) is 12.4. The zero-order valence-corrected chi connectivity index (χ0v) is 13.4. The van der Waals surface area contributed by atoms with Crippen molar-refractivity contribution >= 4 is 14.0 Å². The van der Waals surface area contributed by atoms with Crippen molar-refractivity contribution in [1.82, 2.24) is 4.90 Å². The van der Waals surface area contributed by atoms with Gasteiger partial charge in [0, 0.05) is 23.7 Å². The molecule has 2 rings (SSSR count). The van der Waals surface area contributed by atoms with Crippen LogP contribution in [0.3, 0.4) is 0 Å². The SMILES string of the molecule is CC(C)N1Cc2cc(C#C[Si](C)(C)C)ccc2C1=O. The van der Waals surface area contributed by atoms with E-state index in [1.807, 2.05) is 17.0 Å². The van der Waals surface area contributed by atoms with Gasteiger partial charge >= 0.3 is 0 Å². The van der Waals surface area contributed by atoms with Gasteiger partial charge in [-0.3, -0.25) is 4.79 Å². The molecule has 0 spiro atoms. The Labute approximate surface area is 116 Å². The van der Waals surface area contributed by atoms with Crippen LogP contribution in [0.5, 0.6) is 0 Å². The number of carbonyl (C=O) groups is 1. The standard InChI is InChI=1S/C16H21NOSi/c1-12(2)17-11-14-10-13(8-9-19(3,4)5)6-7-15(14)16(17)18/h6-7,10,12H,11H2,1-5H3. The Balaban J connectivity index is 2.31. The Hall–Kier alpha value is -1.53. The average Bonchev–Trinajstić information content (AvgIpc) is 2.63. The monoisotopic (exact) mass is 271 g/mol. The molecule has 0 bridgehead atoms. The topological polar surface area (TPSA) is 20.3 Å². The number of fused-ring (bicyclic) bond motifs is 1. The lowest BCUT2D eigenvalue weighted by Crippen LogP contribution is -2.30. The molecule has 1 aliphatic heterocycles. The lowest BCUT2D eigenvalue weighted by atomic mass is 10.1. The van der Waals surface area contributed by atoms with Gasteiger partial charge in [-0.2, -0.15) is 0 Å². The quantitative estimate of drug-likeness (QED) is 0.567. The Morgan fingerprint density at radius 2 is 1.95 bits per heavy atom. The highest BCUT2D eigenvalue weighted by Gasteiger charge is 2.28. The fraction of sp³-hybridized carbons (Fsp3) is 0.438. The number of amides is 1. The molecular formula is C16H21NOSi. The van der Waals surface area contributed by atoms with Gasteiger partial charge in [-0.05, 0) is 37.6 Å². The molecule has 0 radical (unpaired) electrons. The van der Waals surface area contributed by atoms with Gasteiger partial charge in [0.05, 0.1) is 0 Å². The van der Waals surface area contributed by atoms with Crippen molar-refractivity contribution in [3.63, 3.8) is 0 Å². The predicted molar refractivity (Wildman–Crippen MR) is 81.7 cm³/mol. The van der Waals surface area contributed by atoms with E-state index < -0.39 is 8.07 Å². The van der Waals surface area contributed by atoms with Crippen molar-refractivity contribution in [2.24, 2.45) is 0 Å². The fourth-order valence-corrected chi connectivity index (χ4v) is 2.62. The molecule has 1 aromatic carbocycles.